The summed E-state index contributed by atoms with van der Waals surface area (Å²) in [6.07, 6.45) is 0. The standard InChI is InChI=1S/C20H24N2O4S/c1-12(2)14-5-7-15(8-6-14)17(23)21-18-16(9-10-27-18)19(24)22(4)11-13(3)20(25)26/h5-10,12-13H,11H2,1-4H3,(H,21,23)(H,25,26). The minimum absolute atomic E-state index is 0.0913. The zero-order valence-corrected chi connectivity index (χ0v) is 16.7. The van der Waals surface area contributed by atoms with E-state index in [2.05, 4.69) is 19.2 Å². The van der Waals surface area contributed by atoms with Crippen LogP contribution >= 0.6 is 11.3 Å². The summed E-state index contributed by atoms with van der Waals surface area (Å²) in [5.74, 6) is -1.86. The van der Waals surface area contributed by atoms with E-state index in [1.807, 2.05) is 12.1 Å². The quantitative estimate of drug-likeness (QED) is 0.753. The average molecular weight is 388 g/mol. The molecule has 1 unspecified atom stereocenters. The molecule has 0 saturated heterocycles. The van der Waals surface area contributed by atoms with Gasteiger partial charge in [0.25, 0.3) is 11.8 Å². The van der Waals surface area contributed by atoms with Crippen molar-refractivity contribution in [3.05, 3.63) is 52.4 Å². The Hall–Kier alpha value is -2.67. The number of hydrogen-bond donors (Lipinski definition) is 2. The van der Waals surface area contributed by atoms with E-state index < -0.39 is 11.9 Å². The number of nitrogens with one attached hydrogen (secondary N) is 1. The molecule has 2 amide bonds. The number of aliphatic carboxylic acids is 1. The van der Waals surface area contributed by atoms with Crippen molar-refractivity contribution in [1.82, 2.24) is 4.90 Å². The summed E-state index contributed by atoms with van der Waals surface area (Å²) in [6, 6.07) is 9.00. The first-order chi connectivity index (χ1) is 12.7. The molecule has 1 atom stereocenters. The largest absolute Gasteiger partial charge is 0.481 e. The molecule has 0 aliphatic carbocycles. The van der Waals surface area contributed by atoms with Crippen LogP contribution < -0.4 is 5.32 Å². The average Bonchev–Trinajstić information content (AvgIpc) is 3.08. The van der Waals surface area contributed by atoms with Crippen molar-refractivity contribution in [2.75, 3.05) is 18.9 Å². The third kappa shape index (κ3) is 5.17. The lowest BCUT2D eigenvalue weighted by Crippen LogP contribution is -2.33. The molecule has 0 aliphatic heterocycles. The van der Waals surface area contributed by atoms with Gasteiger partial charge in [-0.2, -0.15) is 0 Å². The molecule has 0 saturated carbocycles. The lowest BCUT2D eigenvalue weighted by molar-refractivity contribution is -0.141. The highest BCUT2D eigenvalue weighted by molar-refractivity contribution is 7.14. The van der Waals surface area contributed by atoms with Gasteiger partial charge in [-0.1, -0.05) is 32.9 Å². The normalized spacial score (nSPS) is 11.9. The number of hydrogen-bond acceptors (Lipinski definition) is 4. The molecule has 0 aliphatic rings. The number of nitrogens with zero attached hydrogens (tertiary/aromatic N) is 1. The van der Waals surface area contributed by atoms with Crippen LogP contribution in [0.3, 0.4) is 0 Å². The number of carbonyl (C=O) groups excluding carboxylic acids is 2. The Balaban J connectivity index is 2.10. The number of carbonyl (C=O) groups is 3. The van der Waals surface area contributed by atoms with E-state index in [9.17, 15) is 14.4 Å². The Morgan fingerprint density at radius 1 is 1.11 bits per heavy atom. The maximum absolute atomic E-state index is 12.6. The predicted molar refractivity (Wildman–Crippen MR) is 107 cm³/mol. The monoisotopic (exact) mass is 388 g/mol. The fourth-order valence-corrected chi connectivity index (χ4v) is 3.32. The molecule has 0 spiro atoms. The fraction of sp³-hybridized carbons (Fsp3) is 0.350. The second-order valence-electron chi connectivity index (χ2n) is 6.82. The van der Waals surface area contributed by atoms with Gasteiger partial charge in [-0.3, -0.25) is 14.4 Å². The van der Waals surface area contributed by atoms with Gasteiger partial charge < -0.3 is 15.3 Å². The van der Waals surface area contributed by atoms with Crippen molar-refractivity contribution in [1.29, 1.82) is 0 Å². The number of thiophene rings is 1. The summed E-state index contributed by atoms with van der Waals surface area (Å²) in [6.45, 7) is 5.80. The Labute approximate surface area is 162 Å². The molecule has 2 rings (SSSR count). The fourth-order valence-electron chi connectivity index (χ4n) is 2.55. The predicted octanol–water partition coefficient (Wildman–Crippen LogP) is 3.92. The van der Waals surface area contributed by atoms with Crippen LogP contribution in [0.5, 0.6) is 0 Å². The molecular formula is C20H24N2O4S. The smallest absolute Gasteiger partial charge is 0.308 e. The first-order valence-electron chi connectivity index (χ1n) is 8.67. The molecular weight excluding hydrogens is 364 g/mol. The van der Waals surface area contributed by atoms with Gasteiger partial charge in [-0.15, -0.1) is 11.3 Å². The highest BCUT2D eigenvalue weighted by Crippen LogP contribution is 2.25. The van der Waals surface area contributed by atoms with Crippen LogP contribution in [0.1, 0.15) is 53.0 Å². The lowest BCUT2D eigenvalue weighted by Gasteiger charge is -2.19. The SMILES string of the molecule is CC(CN(C)C(=O)c1ccsc1NC(=O)c1ccc(C(C)C)cc1)C(=O)O. The maximum atomic E-state index is 12.6. The molecule has 7 heteroatoms. The second-order valence-corrected chi connectivity index (χ2v) is 7.74. The molecule has 27 heavy (non-hydrogen) atoms. The first kappa shape index (κ1) is 20.6. The van der Waals surface area contributed by atoms with Crippen molar-refractivity contribution in [3.8, 4) is 0 Å². The van der Waals surface area contributed by atoms with Crippen molar-refractivity contribution >= 4 is 34.1 Å². The molecule has 0 fully saturated rings. The van der Waals surface area contributed by atoms with Gasteiger partial charge >= 0.3 is 5.97 Å². The van der Waals surface area contributed by atoms with Gasteiger partial charge in [0.1, 0.15) is 5.00 Å². The zero-order chi connectivity index (χ0) is 20.1. The van der Waals surface area contributed by atoms with Gasteiger partial charge in [-0.25, -0.2) is 0 Å². The van der Waals surface area contributed by atoms with Crippen LogP contribution in [0.4, 0.5) is 5.00 Å². The zero-order valence-electron chi connectivity index (χ0n) is 15.9. The highest BCUT2D eigenvalue weighted by atomic mass is 32.1. The van der Waals surface area contributed by atoms with E-state index in [-0.39, 0.29) is 18.4 Å². The molecule has 1 heterocycles. The van der Waals surface area contributed by atoms with Crippen LogP contribution in [-0.4, -0.2) is 41.4 Å². The van der Waals surface area contributed by atoms with Crippen LogP contribution in [0.2, 0.25) is 0 Å². The van der Waals surface area contributed by atoms with Gasteiger partial charge in [0.15, 0.2) is 0 Å². The third-order valence-corrected chi connectivity index (χ3v) is 5.11. The summed E-state index contributed by atoms with van der Waals surface area (Å²) < 4.78 is 0. The third-order valence-electron chi connectivity index (χ3n) is 4.28. The molecule has 2 N–H and O–H groups in total. The summed E-state index contributed by atoms with van der Waals surface area (Å²) >= 11 is 1.26. The van der Waals surface area contributed by atoms with Crippen LogP contribution in [0.15, 0.2) is 35.7 Å². The molecule has 1 aromatic heterocycles. The Morgan fingerprint density at radius 2 is 1.74 bits per heavy atom. The van der Waals surface area contributed by atoms with Gasteiger partial charge in [0.2, 0.25) is 0 Å². The minimum atomic E-state index is -0.960. The lowest BCUT2D eigenvalue weighted by atomic mass is 10.0. The van der Waals surface area contributed by atoms with Crippen molar-refractivity contribution in [3.63, 3.8) is 0 Å². The summed E-state index contributed by atoms with van der Waals surface area (Å²) in [5.41, 5.74) is 2.01. The summed E-state index contributed by atoms with van der Waals surface area (Å²) in [4.78, 5) is 37.4. The second kappa shape index (κ2) is 8.81. The number of benzene rings is 1. The van der Waals surface area contributed by atoms with Crippen molar-refractivity contribution < 1.29 is 19.5 Å². The van der Waals surface area contributed by atoms with Gasteiger partial charge in [0, 0.05) is 19.2 Å². The van der Waals surface area contributed by atoms with E-state index in [1.165, 1.54) is 16.2 Å². The van der Waals surface area contributed by atoms with E-state index in [4.69, 9.17) is 5.11 Å². The minimum Gasteiger partial charge on any atom is -0.481 e. The van der Waals surface area contributed by atoms with E-state index in [0.29, 0.717) is 22.0 Å². The van der Waals surface area contributed by atoms with E-state index >= 15 is 0 Å². The summed E-state index contributed by atoms with van der Waals surface area (Å²) in [5, 5.41) is 14.0. The van der Waals surface area contributed by atoms with E-state index in [0.717, 1.165) is 5.56 Å². The molecule has 0 radical (unpaired) electrons. The summed E-state index contributed by atoms with van der Waals surface area (Å²) in [7, 11) is 1.55. The van der Waals surface area contributed by atoms with Crippen molar-refractivity contribution in [2.45, 2.75) is 26.7 Å². The molecule has 2 aromatic rings. The number of anilines is 1. The van der Waals surface area contributed by atoms with Crippen LogP contribution in [0.25, 0.3) is 0 Å². The van der Waals surface area contributed by atoms with E-state index in [1.54, 1.807) is 37.6 Å². The Kier molecular flexibility index (Phi) is 6.74. The molecule has 144 valence electrons. The molecule has 0 bridgehead atoms. The number of carboxylic acids is 1. The number of carboxylic acid groups (broad SMARTS) is 1. The Bertz CT molecular complexity index is 827. The highest BCUT2D eigenvalue weighted by Gasteiger charge is 2.22. The maximum Gasteiger partial charge on any atom is 0.308 e. The Morgan fingerprint density at radius 3 is 2.30 bits per heavy atom. The van der Waals surface area contributed by atoms with Gasteiger partial charge in [0.05, 0.1) is 11.5 Å². The van der Waals surface area contributed by atoms with Crippen LogP contribution in [-0.2, 0) is 4.79 Å². The van der Waals surface area contributed by atoms with Gasteiger partial charge in [-0.05, 0) is 35.1 Å². The number of rotatable bonds is 7. The number of amides is 2. The molecule has 6 nitrogen and oxygen atoms in total. The first-order valence-corrected chi connectivity index (χ1v) is 9.55. The molecule has 1 aromatic carbocycles. The van der Waals surface area contributed by atoms with Crippen LogP contribution in [0, 0.1) is 5.92 Å². The van der Waals surface area contributed by atoms with Crippen molar-refractivity contribution in [2.24, 2.45) is 5.92 Å². The topological polar surface area (TPSA) is 86.7 Å².